The van der Waals surface area contributed by atoms with Crippen molar-refractivity contribution in [2.45, 2.75) is 6.18 Å². The molecule has 0 N–H and O–H groups in total. The first kappa shape index (κ1) is 16.2. The fourth-order valence-electron chi connectivity index (χ4n) is 1.77. The van der Waals surface area contributed by atoms with Gasteiger partial charge in [-0.1, -0.05) is 23.7 Å². The zero-order chi connectivity index (χ0) is 15.5. The summed E-state index contributed by atoms with van der Waals surface area (Å²) in [6, 6.07) is 4.48. The quantitative estimate of drug-likeness (QED) is 0.581. The van der Waals surface area contributed by atoms with Crippen LogP contribution >= 0.6 is 23.8 Å². The van der Waals surface area contributed by atoms with Gasteiger partial charge >= 0.3 is 6.18 Å². The van der Waals surface area contributed by atoms with Gasteiger partial charge in [-0.25, -0.2) is 4.99 Å². The highest BCUT2D eigenvalue weighted by Crippen LogP contribution is 2.29. The van der Waals surface area contributed by atoms with E-state index in [1.807, 2.05) is 4.90 Å². The maximum Gasteiger partial charge on any atom is 0.416 e. The lowest BCUT2D eigenvalue weighted by molar-refractivity contribution is -0.137. The molecule has 114 valence electrons. The largest absolute Gasteiger partial charge is 0.416 e. The van der Waals surface area contributed by atoms with Gasteiger partial charge in [0.05, 0.1) is 18.8 Å². The molecule has 0 atom stereocenters. The molecule has 1 aromatic carbocycles. The van der Waals surface area contributed by atoms with Crippen LogP contribution in [0.5, 0.6) is 0 Å². The minimum atomic E-state index is -4.37. The van der Waals surface area contributed by atoms with E-state index in [1.165, 1.54) is 12.1 Å². The van der Waals surface area contributed by atoms with Gasteiger partial charge in [-0.15, -0.1) is 0 Å². The molecule has 0 amide bonds. The van der Waals surface area contributed by atoms with Crippen LogP contribution in [0.3, 0.4) is 0 Å². The van der Waals surface area contributed by atoms with Gasteiger partial charge in [0.15, 0.2) is 5.11 Å². The first-order valence-electron chi connectivity index (χ1n) is 6.16. The lowest BCUT2D eigenvalue weighted by Gasteiger charge is -2.26. The standard InChI is InChI=1S/C13H12ClF3N2OS/c14-11(18-12(21)19-5-7-20-8-6-19)9-1-3-10(4-2-9)13(15,16)17/h1-4H,5-8H2/b18-11-. The Labute approximate surface area is 130 Å². The van der Waals surface area contributed by atoms with E-state index in [0.717, 1.165) is 12.1 Å². The van der Waals surface area contributed by atoms with Gasteiger partial charge in [-0.3, -0.25) is 0 Å². The van der Waals surface area contributed by atoms with Gasteiger partial charge < -0.3 is 9.64 Å². The van der Waals surface area contributed by atoms with E-state index in [0.29, 0.717) is 37.0 Å². The van der Waals surface area contributed by atoms with Crippen LogP contribution in [0.25, 0.3) is 0 Å². The zero-order valence-corrected chi connectivity index (χ0v) is 12.4. The van der Waals surface area contributed by atoms with Gasteiger partial charge in [-0.2, -0.15) is 13.2 Å². The van der Waals surface area contributed by atoms with Crippen LogP contribution in [-0.2, 0) is 10.9 Å². The average Bonchev–Trinajstić information content (AvgIpc) is 2.47. The molecule has 1 aromatic rings. The molecule has 2 rings (SSSR count). The molecule has 0 spiro atoms. The predicted octanol–water partition coefficient (Wildman–Crippen LogP) is 3.31. The van der Waals surface area contributed by atoms with E-state index in [4.69, 9.17) is 28.6 Å². The molecule has 0 unspecified atom stereocenters. The van der Waals surface area contributed by atoms with Crippen LogP contribution in [0.2, 0.25) is 0 Å². The Bertz CT molecular complexity index is 539. The monoisotopic (exact) mass is 336 g/mol. The summed E-state index contributed by atoms with van der Waals surface area (Å²) in [6.45, 7) is 2.38. The van der Waals surface area contributed by atoms with Crippen LogP contribution < -0.4 is 0 Å². The molecule has 1 heterocycles. The number of aliphatic imine (C=N–C) groups is 1. The summed E-state index contributed by atoms with van der Waals surface area (Å²) in [5.41, 5.74) is -0.341. The van der Waals surface area contributed by atoms with Crippen LogP contribution in [-0.4, -0.2) is 41.5 Å². The van der Waals surface area contributed by atoms with Gasteiger partial charge in [0, 0.05) is 18.7 Å². The van der Waals surface area contributed by atoms with Crippen molar-refractivity contribution in [2.24, 2.45) is 4.99 Å². The van der Waals surface area contributed by atoms with Crippen molar-refractivity contribution < 1.29 is 17.9 Å². The molecule has 3 nitrogen and oxygen atoms in total. The number of thiocarbonyl (C=S) groups is 1. The SMILES string of the molecule is FC(F)(F)c1ccc(/C(Cl)=N/C(=S)N2CCOCC2)cc1. The van der Waals surface area contributed by atoms with E-state index in [1.54, 1.807) is 0 Å². The van der Waals surface area contributed by atoms with Crippen molar-refractivity contribution in [2.75, 3.05) is 26.3 Å². The molecule has 0 radical (unpaired) electrons. The molecule has 21 heavy (non-hydrogen) atoms. The third-order valence-electron chi connectivity index (χ3n) is 2.93. The van der Waals surface area contributed by atoms with Crippen molar-refractivity contribution >= 4 is 34.1 Å². The number of hydrogen-bond acceptors (Lipinski definition) is 2. The summed E-state index contributed by atoms with van der Waals surface area (Å²) >= 11 is 11.2. The summed E-state index contributed by atoms with van der Waals surface area (Å²) < 4.78 is 42.6. The third kappa shape index (κ3) is 4.39. The van der Waals surface area contributed by atoms with Gasteiger partial charge in [0.25, 0.3) is 0 Å². The highest BCUT2D eigenvalue weighted by molar-refractivity contribution is 7.80. The van der Waals surface area contributed by atoms with Crippen molar-refractivity contribution in [3.05, 3.63) is 35.4 Å². The highest BCUT2D eigenvalue weighted by atomic mass is 35.5. The maximum absolute atomic E-state index is 12.5. The van der Waals surface area contributed by atoms with Crippen LogP contribution in [0.1, 0.15) is 11.1 Å². The Balaban J connectivity index is 2.09. The molecule has 1 saturated heterocycles. The molecule has 0 saturated carbocycles. The van der Waals surface area contributed by atoms with Crippen molar-refractivity contribution in [1.82, 2.24) is 4.90 Å². The molecule has 0 aliphatic carbocycles. The third-order valence-corrected chi connectivity index (χ3v) is 3.58. The van der Waals surface area contributed by atoms with Gasteiger partial charge in [0.2, 0.25) is 0 Å². The second kappa shape index (κ2) is 6.72. The summed E-state index contributed by atoms with van der Waals surface area (Å²) in [5, 5.41) is 0.378. The molecule has 1 aliphatic rings. The summed E-state index contributed by atoms with van der Waals surface area (Å²) in [5.74, 6) is 0. The maximum atomic E-state index is 12.5. The van der Waals surface area contributed by atoms with E-state index in [9.17, 15) is 13.2 Å². The summed E-state index contributed by atoms with van der Waals surface area (Å²) in [4.78, 5) is 5.90. The molecule has 1 fully saturated rings. The Morgan fingerprint density at radius 1 is 1.19 bits per heavy atom. The van der Waals surface area contributed by atoms with E-state index < -0.39 is 11.7 Å². The average molecular weight is 337 g/mol. The molecule has 1 aliphatic heterocycles. The van der Waals surface area contributed by atoms with Crippen molar-refractivity contribution in [1.29, 1.82) is 0 Å². The fourth-order valence-corrected chi connectivity index (χ4v) is 2.30. The van der Waals surface area contributed by atoms with Crippen molar-refractivity contribution in [3.63, 3.8) is 0 Å². The van der Waals surface area contributed by atoms with Crippen LogP contribution in [0, 0.1) is 0 Å². The highest BCUT2D eigenvalue weighted by Gasteiger charge is 2.30. The minimum Gasteiger partial charge on any atom is -0.378 e. The number of nitrogens with zero attached hydrogens (tertiary/aromatic N) is 2. The van der Waals surface area contributed by atoms with Gasteiger partial charge in [-0.05, 0) is 24.4 Å². The topological polar surface area (TPSA) is 24.8 Å². The first-order valence-corrected chi connectivity index (χ1v) is 6.95. The Hall–Kier alpha value is -1.18. The molecule has 0 bridgehead atoms. The second-order valence-electron chi connectivity index (χ2n) is 4.36. The van der Waals surface area contributed by atoms with Crippen molar-refractivity contribution in [3.8, 4) is 0 Å². The number of alkyl halides is 3. The van der Waals surface area contributed by atoms with E-state index in [-0.39, 0.29) is 5.17 Å². The van der Waals surface area contributed by atoms with Crippen LogP contribution in [0.15, 0.2) is 29.3 Å². The predicted molar refractivity (Wildman–Crippen MR) is 78.8 cm³/mol. The van der Waals surface area contributed by atoms with E-state index in [2.05, 4.69) is 4.99 Å². The Morgan fingerprint density at radius 2 is 1.76 bits per heavy atom. The first-order chi connectivity index (χ1) is 9.88. The normalized spacial score (nSPS) is 17.0. The Kier molecular flexibility index (Phi) is 5.18. The zero-order valence-electron chi connectivity index (χ0n) is 10.9. The summed E-state index contributed by atoms with van der Waals surface area (Å²) in [7, 11) is 0. The molecule has 8 heteroatoms. The number of hydrogen-bond donors (Lipinski definition) is 0. The number of benzene rings is 1. The molecule has 0 aromatic heterocycles. The molecular weight excluding hydrogens is 325 g/mol. The fraction of sp³-hybridized carbons (Fsp3) is 0.385. The molecular formula is C13H12ClF3N2OS. The Morgan fingerprint density at radius 3 is 2.29 bits per heavy atom. The summed E-state index contributed by atoms with van der Waals surface area (Å²) in [6.07, 6.45) is -4.37. The number of halogens is 4. The smallest absolute Gasteiger partial charge is 0.378 e. The number of ether oxygens (including phenoxy) is 1. The lowest BCUT2D eigenvalue weighted by Crippen LogP contribution is -2.39. The minimum absolute atomic E-state index is 0.0696. The van der Waals surface area contributed by atoms with Gasteiger partial charge in [0.1, 0.15) is 5.17 Å². The second-order valence-corrected chi connectivity index (χ2v) is 5.08. The number of morpholine rings is 1. The van der Waals surface area contributed by atoms with Crippen LogP contribution in [0.4, 0.5) is 13.2 Å². The lowest BCUT2D eigenvalue weighted by atomic mass is 10.1. The number of rotatable bonds is 1. The van der Waals surface area contributed by atoms with E-state index >= 15 is 0 Å².